The molecule has 1 saturated heterocycles. The molecule has 4 rings (SSSR count). The van der Waals surface area contributed by atoms with Crippen LogP contribution >= 0.6 is 11.6 Å². The van der Waals surface area contributed by atoms with Gasteiger partial charge in [0.2, 0.25) is 0 Å². The summed E-state index contributed by atoms with van der Waals surface area (Å²) in [5.74, 6) is -0.360. The zero-order valence-electron chi connectivity index (χ0n) is 15.7. The summed E-state index contributed by atoms with van der Waals surface area (Å²) in [4.78, 5) is 27.3. The smallest absolute Gasteiger partial charge is 0.307 e. The minimum atomic E-state index is -0.446. The van der Waals surface area contributed by atoms with Gasteiger partial charge in [-0.3, -0.25) is 9.59 Å². The third kappa shape index (κ3) is 2.65. The average Bonchev–Trinajstić information content (AvgIpc) is 3.11. The van der Waals surface area contributed by atoms with Gasteiger partial charge < -0.3 is 9.64 Å². The van der Waals surface area contributed by atoms with E-state index >= 15 is 0 Å². The molecule has 1 fully saturated rings. The SMILES string of the molecule is COC(=O)C[C@@H]1CCC[C@@]2(C)c3c(C)nn(-c4ccc(Cl)cc4)c3C(=O)N12. The lowest BCUT2D eigenvalue weighted by atomic mass is 9.81. The molecule has 6 nitrogen and oxygen atoms in total. The quantitative estimate of drug-likeness (QED) is 0.754. The maximum absolute atomic E-state index is 13.5. The van der Waals surface area contributed by atoms with Crippen LogP contribution in [0.15, 0.2) is 24.3 Å². The molecule has 0 bridgehead atoms. The van der Waals surface area contributed by atoms with Gasteiger partial charge in [0, 0.05) is 16.6 Å². The zero-order valence-corrected chi connectivity index (χ0v) is 16.4. The summed E-state index contributed by atoms with van der Waals surface area (Å²) in [6.45, 7) is 4.03. The van der Waals surface area contributed by atoms with E-state index in [1.807, 2.05) is 24.0 Å². The molecular formula is C20H22ClN3O3. The number of carbonyl (C=O) groups is 2. The van der Waals surface area contributed by atoms with Gasteiger partial charge >= 0.3 is 5.97 Å². The maximum Gasteiger partial charge on any atom is 0.307 e. The number of hydrogen-bond acceptors (Lipinski definition) is 4. The van der Waals surface area contributed by atoms with Gasteiger partial charge in [0.05, 0.1) is 30.5 Å². The van der Waals surface area contributed by atoms with Crippen LogP contribution in [0.4, 0.5) is 0 Å². The molecule has 7 heteroatoms. The molecule has 0 N–H and O–H groups in total. The van der Waals surface area contributed by atoms with Crippen molar-refractivity contribution in [3.05, 3.63) is 46.2 Å². The van der Waals surface area contributed by atoms with Crippen molar-refractivity contribution in [2.24, 2.45) is 0 Å². The van der Waals surface area contributed by atoms with Crippen LogP contribution in [0.25, 0.3) is 5.69 Å². The lowest BCUT2D eigenvalue weighted by Gasteiger charge is -2.45. The van der Waals surface area contributed by atoms with E-state index in [9.17, 15) is 9.59 Å². The lowest BCUT2D eigenvalue weighted by molar-refractivity contribution is -0.142. The minimum Gasteiger partial charge on any atom is -0.469 e. The first-order valence-electron chi connectivity index (χ1n) is 9.13. The molecule has 2 aliphatic heterocycles. The predicted octanol–water partition coefficient (Wildman–Crippen LogP) is 3.62. The highest BCUT2D eigenvalue weighted by Gasteiger charge is 2.54. The number of ether oxygens (including phenoxy) is 1. The number of carbonyl (C=O) groups excluding carboxylic acids is 2. The monoisotopic (exact) mass is 387 g/mol. The number of piperidine rings is 1. The van der Waals surface area contributed by atoms with Crippen molar-refractivity contribution in [3.8, 4) is 5.69 Å². The second-order valence-electron chi connectivity index (χ2n) is 7.47. The number of esters is 1. The Balaban J connectivity index is 1.82. The van der Waals surface area contributed by atoms with Crippen LogP contribution in [0.2, 0.25) is 5.02 Å². The number of fused-ring (bicyclic) bond motifs is 3. The number of halogens is 1. The molecule has 142 valence electrons. The minimum absolute atomic E-state index is 0.0725. The molecule has 0 saturated carbocycles. The van der Waals surface area contributed by atoms with Crippen molar-refractivity contribution in [1.82, 2.24) is 14.7 Å². The number of methoxy groups -OCH3 is 1. The van der Waals surface area contributed by atoms with E-state index in [1.165, 1.54) is 7.11 Å². The third-order valence-electron chi connectivity index (χ3n) is 5.82. The van der Waals surface area contributed by atoms with Crippen molar-refractivity contribution < 1.29 is 14.3 Å². The zero-order chi connectivity index (χ0) is 19.3. The Bertz CT molecular complexity index is 921. The third-order valence-corrected chi connectivity index (χ3v) is 6.07. The van der Waals surface area contributed by atoms with Gasteiger partial charge in [-0.25, -0.2) is 4.68 Å². The first-order valence-corrected chi connectivity index (χ1v) is 9.51. The van der Waals surface area contributed by atoms with Crippen LogP contribution in [-0.4, -0.2) is 39.7 Å². The first-order chi connectivity index (χ1) is 12.9. The second kappa shape index (κ2) is 6.37. The Hall–Kier alpha value is -2.34. The highest BCUT2D eigenvalue weighted by molar-refractivity contribution is 6.30. The molecule has 0 radical (unpaired) electrons. The molecule has 1 aromatic heterocycles. The number of rotatable bonds is 3. The molecule has 2 aromatic rings. The Labute approximate surface area is 163 Å². The molecule has 1 amide bonds. The maximum atomic E-state index is 13.5. The van der Waals surface area contributed by atoms with Crippen molar-refractivity contribution in [2.75, 3.05) is 7.11 Å². The van der Waals surface area contributed by atoms with Crippen LogP contribution in [0.1, 0.15) is 54.4 Å². The molecule has 0 aliphatic carbocycles. The van der Waals surface area contributed by atoms with Gasteiger partial charge in [0.25, 0.3) is 5.91 Å². The Morgan fingerprint density at radius 1 is 1.37 bits per heavy atom. The summed E-state index contributed by atoms with van der Waals surface area (Å²) >= 11 is 6.00. The summed E-state index contributed by atoms with van der Waals surface area (Å²) in [6, 6.07) is 7.13. The fourth-order valence-electron chi connectivity index (χ4n) is 4.69. The summed E-state index contributed by atoms with van der Waals surface area (Å²) in [6.07, 6.45) is 2.83. The molecule has 1 aromatic carbocycles. The highest BCUT2D eigenvalue weighted by Crippen LogP contribution is 2.49. The molecule has 2 aliphatic rings. The van der Waals surface area contributed by atoms with Gasteiger partial charge in [-0.2, -0.15) is 5.10 Å². The first kappa shape index (κ1) is 18.0. The number of hydrogen-bond donors (Lipinski definition) is 0. The second-order valence-corrected chi connectivity index (χ2v) is 7.91. The molecule has 2 atom stereocenters. The number of amides is 1. The summed E-state index contributed by atoms with van der Waals surface area (Å²) < 4.78 is 6.56. The van der Waals surface area contributed by atoms with Gasteiger partial charge in [0.1, 0.15) is 5.69 Å². The largest absolute Gasteiger partial charge is 0.469 e. The van der Waals surface area contributed by atoms with Gasteiger partial charge in [-0.15, -0.1) is 0 Å². The number of aryl methyl sites for hydroxylation is 1. The van der Waals surface area contributed by atoms with E-state index in [4.69, 9.17) is 16.3 Å². The molecular weight excluding hydrogens is 366 g/mol. The van der Waals surface area contributed by atoms with Crippen molar-refractivity contribution in [2.45, 2.75) is 51.1 Å². The predicted molar refractivity (Wildman–Crippen MR) is 101 cm³/mol. The summed E-state index contributed by atoms with van der Waals surface area (Å²) in [7, 11) is 1.38. The van der Waals surface area contributed by atoms with Gasteiger partial charge in [-0.05, 0) is 57.4 Å². The van der Waals surface area contributed by atoms with Gasteiger partial charge in [0.15, 0.2) is 0 Å². The normalized spacial score (nSPS) is 23.9. The summed E-state index contributed by atoms with van der Waals surface area (Å²) in [5, 5.41) is 5.29. The lowest BCUT2D eigenvalue weighted by Crippen LogP contribution is -2.52. The number of aromatic nitrogens is 2. The van der Waals surface area contributed by atoms with Crippen LogP contribution < -0.4 is 0 Å². The fraction of sp³-hybridized carbons (Fsp3) is 0.450. The standard InChI is InChI=1S/C20H22ClN3O3/c1-12-17-18(24(22-12)14-8-6-13(21)7-9-14)19(26)23-15(11-16(25)27-3)5-4-10-20(17,23)2/h6-9,15H,4-5,10-11H2,1-3H3/t15-,20-/m0/s1. The highest BCUT2D eigenvalue weighted by atomic mass is 35.5. The Morgan fingerprint density at radius 3 is 2.74 bits per heavy atom. The van der Waals surface area contributed by atoms with E-state index in [0.717, 1.165) is 36.2 Å². The Morgan fingerprint density at radius 2 is 2.07 bits per heavy atom. The molecule has 0 unspecified atom stereocenters. The van der Waals surface area contributed by atoms with Crippen molar-refractivity contribution >= 4 is 23.5 Å². The van der Waals surface area contributed by atoms with E-state index in [0.29, 0.717) is 10.7 Å². The summed E-state index contributed by atoms with van der Waals surface area (Å²) in [5.41, 5.74) is 2.76. The van der Waals surface area contributed by atoms with Gasteiger partial charge in [-0.1, -0.05) is 11.6 Å². The van der Waals surface area contributed by atoms with Crippen molar-refractivity contribution in [3.63, 3.8) is 0 Å². The average molecular weight is 388 g/mol. The van der Waals surface area contributed by atoms with E-state index in [1.54, 1.807) is 16.8 Å². The van der Waals surface area contributed by atoms with Crippen molar-refractivity contribution in [1.29, 1.82) is 0 Å². The van der Waals surface area contributed by atoms with Crippen LogP contribution in [-0.2, 0) is 15.1 Å². The topological polar surface area (TPSA) is 64.4 Å². The van der Waals surface area contributed by atoms with Crippen LogP contribution in [0.5, 0.6) is 0 Å². The number of nitrogens with zero attached hydrogens (tertiary/aromatic N) is 3. The fourth-order valence-corrected chi connectivity index (χ4v) is 4.82. The van der Waals surface area contributed by atoms with E-state index in [-0.39, 0.29) is 24.3 Å². The van der Waals surface area contributed by atoms with Crippen LogP contribution in [0, 0.1) is 6.92 Å². The molecule has 27 heavy (non-hydrogen) atoms. The van der Waals surface area contributed by atoms with E-state index in [2.05, 4.69) is 12.0 Å². The van der Waals surface area contributed by atoms with E-state index < -0.39 is 5.54 Å². The van der Waals surface area contributed by atoms with Crippen LogP contribution in [0.3, 0.4) is 0 Å². The molecule has 3 heterocycles. The molecule has 0 spiro atoms. The Kier molecular flexibility index (Phi) is 4.26. The number of benzene rings is 1.